The number of hydrogen-bond acceptors (Lipinski definition) is 5. The maximum atomic E-state index is 4.15. The predicted octanol–water partition coefficient (Wildman–Crippen LogP) is 0.822. The molecule has 0 saturated carbocycles. The summed E-state index contributed by atoms with van der Waals surface area (Å²) in [6, 6.07) is 0. The average Bonchev–Trinajstić information content (AvgIpc) is 2.63. The van der Waals surface area contributed by atoms with E-state index in [1.165, 1.54) is 6.33 Å². The van der Waals surface area contributed by atoms with Gasteiger partial charge in [-0.2, -0.15) is 5.10 Å². The number of nitrogens with one attached hydrogen (secondary N) is 1. The summed E-state index contributed by atoms with van der Waals surface area (Å²) in [5.41, 5.74) is 0. The van der Waals surface area contributed by atoms with Crippen LogP contribution in [0.4, 0.5) is 5.82 Å². The van der Waals surface area contributed by atoms with Gasteiger partial charge in [0.1, 0.15) is 18.5 Å². The molecule has 0 radical (unpaired) electrons. The van der Waals surface area contributed by atoms with Crippen molar-refractivity contribution in [1.82, 2.24) is 24.7 Å². The molecule has 7 heteroatoms. The van der Waals surface area contributed by atoms with Crippen LogP contribution < -0.4 is 5.32 Å². The SMILES string of the molecule is Cn1cnc(CNc2ncncc2I)n1. The zero-order chi connectivity index (χ0) is 10.7. The summed E-state index contributed by atoms with van der Waals surface area (Å²) in [7, 11) is 1.84. The Kier molecular flexibility index (Phi) is 3.09. The van der Waals surface area contributed by atoms with Crippen LogP contribution >= 0.6 is 22.6 Å². The second-order valence-corrected chi connectivity index (χ2v) is 4.07. The van der Waals surface area contributed by atoms with Crippen molar-refractivity contribution in [2.45, 2.75) is 6.54 Å². The first kappa shape index (κ1) is 10.3. The number of anilines is 1. The highest BCUT2D eigenvalue weighted by atomic mass is 127. The van der Waals surface area contributed by atoms with E-state index < -0.39 is 0 Å². The van der Waals surface area contributed by atoms with E-state index in [4.69, 9.17) is 0 Å². The minimum absolute atomic E-state index is 0.563. The molecule has 0 unspecified atom stereocenters. The lowest BCUT2D eigenvalue weighted by molar-refractivity contribution is 0.747. The van der Waals surface area contributed by atoms with E-state index in [1.54, 1.807) is 17.2 Å². The van der Waals surface area contributed by atoms with Crippen LogP contribution in [0.1, 0.15) is 5.82 Å². The van der Waals surface area contributed by atoms with E-state index in [9.17, 15) is 0 Å². The summed E-state index contributed by atoms with van der Waals surface area (Å²) in [5, 5.41) is 7.30. The molecule has 0 amide bonds. The minimum atomic E-state index is 0.563. The fourth-order valence-corrected chi connectivity index (χ4v) is 1.56. The maximum Gasteiger partial charge on any atom is 0.169 e. The first-order valence-corrected chi connectivity index (χ1v) is 5.37. The highest BCUT2D eigenvalue weighted by molar-refractivity contribution is 14.1. The Morgan fingerprint density at radius 2 is 2.33 bits per heavy atom. The Balaban J connectivity index is 2.02. The quantitative estimate of drug-likeness (QED) is 0.849. The van der Waals surface area contributed by atoms with E-state index in [2.05, 4.69) is 48.0 Å². The third-order valence-corrected chi connectivity index (χ3v) is 2.52. The topological polar surface area (TPSA) is 68.5 Å². The monoisotopic (exact) mass is 316 g/mol. The van der Waals surface area contributed by atoms with Crippen LogP contribution in [0.2, 0.25) is 0 Å². The number of halogens is 1. The van der Waals surface area contributed by atoms with Gasteiger partial charge in [0.2, 0.25) is 0 Å². The molecule has 0 fully saturated rings. The van der Waals surface area contributed by atoms with Crippen LogP contribution in [0, 0.1) is 3.57 Å². The Morgan fingerprint density at radius 3 is 3.00 bits per heavy atom. The first-order valence-electron chi connectivity index (χ1n) is 4.29. The van der Waals surface area contributed by atoms with Crippen LogP contribution in [0.25, 0.3) is 0 Å². The molecule has 2 rings (SSSR count). The number of nitrogens with zero attached hydrogens (tertiary/aromatic N) is 5. The van der Waals surface area contributed by atoms with Crippen molar-refractivity contribution in [2.75, 3.05) is 5.32 Å². The normalized spacial score (nSPS) is 10.3. The van der Waals surface area contributed by atoms with Crippen LogP contribution in [0.3, 0.4) is 0 Å². The Labute approximate surface area is 100 Å². The van der Waals surface area contributed by atoms with Crippen LogP contribution in [0.5, 0.6) is 0 Å². The highest BCUT2D eigenvalue weighted by Gasteiger charge is 2.02. The molecule has 0 atom stereocenters. The highest BCUT2D eigenvalue weighted by Crippen LogP contribution is 2.12. The van der Waals surface area contributed by atoms with E-state index in [0.717, 1.165) is 15.2 Å². The largest absolute Gasteiger partial charge is 0.362 e. The van der Waals surface area contributed by atoms with Crippen molar-refractivity contribution in [3.63, 3.8) is 0 Å². The Morgan fingerprint density at radius 1 is 1.47 bits per heavy atom. The Hall–Kier alpha value is -1.25. The molecule has 0 aliphatic heterocycles. The zero-order valence-electron chi connectivity index (χ0n) is 8.05. The van der Waals surface area contributed by atoms with E-state index in [1.807, 2.05) is 7.05 Å². The predicted molar refractivity (Wildman–Crippen MR) is 63.1 cm³/mol. The molecule has 0 saturated heterocycles. The molecule has 6 nitrogen and oxygen atoms in total. The van der Waals surface area contributed by atoms with Crippen molar-refractivity contribution < 1.29 is 0 Å². The van der Waals surface area contributed by atoms with Gasteiger partial charge < -0.3 is 5.32 Å². The minimum Gasteiger partial charge on any atom is -0.362 e. The lowest BCUT2D eigenvalue weighted by atomic mass is 10.5. The molecule has 0 bridgehead atoms. The first-order chi connectivity index (χ1) is 7.25. The average molecular weight is 316 g/mol. The molecular formula is C8H9IN6. The van der Waals surface area contributed by atoms with Gasteiger partial charge in [0.25, 0.3) is 0 Å². The second-order valence-electron chi connectivity index (χ2n) is 2.91. The van der Waals surface area contributed by atoms with Crippen LogP contribution in [-0.4, -0.2) is 24.7 Å². The number of hydrogen-bond donors (Lipinski definition) is 1. The van der Waals surface area contributed by atoms with Gasteiger partial charge in [-0.15, -0.1) is 0 Å². The summed E-state index contributed by atoms with van der Waals surface area (Å²) >= 11 is 2.17. The van der Waals surface area contributed by atoms with Crippen LogP contribution in [0.15, 0.2) is 18.9 Å². The third kappa shape index (κ3) is 2.61. The summed E-state index contributed by atoms with van der Waals surface area (Å²) in [4.78, 5) is 12.1. The molecule has 0 spiro atoms. The molecule has 1 N–H and O–H groups in total. The number of aryl methyl sites for hydroxylation is 1. The fraction of sp³-hybridized carbons (Fsp3) is 0.250. The molecule has 2 heterocycles. The van der Waals surface area contributed by atoms with E-state index >= 15 is 0 Å². The molecule has 78 valence electrons. The lowest BCUT2D eigenvalue weighted by Gasteiger charge is -2.03. The molecular weight excluding hydrogens is 307 g/mol. The van der Waals surface area contributed by atoms with E-state index in [-0.39, 0.29) is 0 Å². The lowest BCUT2D eigenvalue weighted by Crippen LogP contribution is -2.05. The number of rotatable bonds is 3. The smallest absolute Gasteiger partial charge is 0.169 e. The van der Waals surface area contributed by atoms with Gasteiger partial charge in [-0.3, -0.25) is 4.68 Å². The third-order valence-electron chi connectivity index (χ3n) is 1.73. The summed E-state index contributed by atoms with van der Waals surface area (Å²) < 4.78 is 2.65. The molecule has 0 aromatic carbocycles. The second kappa shape index (κ2) is 4.51. The van der Waals surface area contributed by atoms with Crippen molar-refractivity contribution >= 4 is 28.4 Å². The van der Waals surface area contributed by atoms with Gasteiger partial charge in [0, 0.05) is 13.2 Å². The zero-order valence-corrected chi connectivity index (χ0v) is 10.2. The van der Waals surface area contributed by atoms with Gasteiger partial charge in [-0.25, -0.2) is 15.0 Å². The summed E-state index contributed by atoms with van der Waals surface area (Å²) in [6.45, 7) is 0.563. The molecule has 0 aliphatic carbocycles. The van der Waals surface area contributed by atoms with E-state index in [0.29, 0.717) is 6.54 Å². The van der Waals surface area contributed by atoms with Crippen molar-refractivity contribution in [3.8, 4) is 0 Å². The standard InChI is InChI=1S/C8H9IN6/c1-15-5-13-7(14-15)3-11-8-6(9)2-10-4-12-8/h2,4-5H,3H2,1H3,(H,10,11,12). The molecule has 15 heavy (non-hydrogen) atoms. The van der Waals surface area contributed by atoms with Crippen molar-refractivity contribution in [1.29, 1.82) is 0 Å². The summed E-state index contributed by atoms with van der Waals surface area (Å²) in [5.74, 6) is 1.55. The van der Waals surface area contributed by atoms with Gasteiger partial charge >= 0.3 is 0 Å². The van der Waals surface area contributed by atoms with Crippen molar-refractivity contribution in [2.24, 2.45) is 7.05 Å². The number of aromatic nitrogens is 5. The van der Waals surface area contributed by atoms with Gasteiger partial charge in [0.05, 0.1) is 10.1 Å². The van der Waals surface area contributed by atoms with Gasteiger partial charge in [-0.1, -0.05) is 0 Å². The molecule has 2 aromatic rings. The van der Waals surface area contributed by atoms with Gasteiger partial charge in [0.15, 0.2) is 5.82 Å². The fourth-order valence-electron chi connectivity index (χ4n) is 1.07. The molecule has 0 aliphatic rings. The summed E-state index contributed by atoms with van der Waals surface area (Å²) in [6.07, 6.45) is 4.93. The maximum absolute atomic E-state index is 4.15. The van der Waals surface area contributed by atoms with Crippen molar-refractivity contribution in [3.05, 3.63) is 28.2 Å². The van der Waals surface area contributed by atoms with Crippen LogP contribution in [-0.2, 0) is 13.6 Å². The molecule has 2 aromatic heterocycles. The van der Waals surface area contributed by atoms with Gasteiger partial charge in [-0.05, 0) is 22.6 Å². The Bertz CT molecular complexity index is 454.